The van der Waals surface area contributed by atoms with Crippen molar-refractivity contribution < 1.29 is 15.0 Å². The van der Waals surface area contributed by atoms with E-state index in [4.69, 9.17) is 0 Å². The van der Waals surface area contributed by atoms with Gasteiger partial charge < -0.3 is 20.5 Å². The Balaban J connectivity index is 0.000000841. The first-order valence-corrected chi connectivity index (χ1v) is 9.94. The number of carbonyl (C=O) groups excluding carboxylic acids is 1. The van der Waals surface area contributed by atoms with E-state index in [2.05, 4.69) is 50.7 Å². The lowest BCUT2D eigenvalue weighted by Crippen LogP contribution is -2.49. The van der Waals surface area contributed by atoms with Crippen LogP contribution in [0.15, 0.2) is 30.9 Å². The van der Waals surface area contributed by atoms with Crippen molar-refractivity contribution in [1.29, 1.82) is 0 Å². The summed E-state index contributed by atoms with van der Waals surface area (Å²) in [6.07, 6.45) is 1.95. The van der Waals surface area contributed by atoms with Gasteiger partial charge in [-0.1, -0.05) is 25.7 Å². The third-order valence-corrected chi connectivity index (χ3v) is 5.19. The number of aromatic hydroxyl groups is 2. The highest BCUT2D eigenvalue weighted by atomic mass is 28.3. The summed E-state index contributed by atoms with van der Waals surface area (Å²) >= 11 is 0. The van der Waals surface area contributed by atoms with Gasteiger partial charge in [-0.2, -0.15) is 0 Å². The molecule has 0 heterocycles. The topological polar surface area (TPSA) is 86.8 Å². The smallest absolute Gasteiger partial charge is 0.240 e. The molecular weight excluding hydrogens is 308 g/mol. The van der Waals surface area contributed by atoms with Gasteiger partial charge in [0.2, 0.25) is 5.91 Å². The van der Waals surface area contributed by atoms with Crippen molar-refractivity contribution in [3.8, 4) is 11.5 Å². The second kappa shape index (κ2) is 9.37. The molecule has 6 heteroatoms. The summed E-state index contributed by atoms with van der Waals surface area (Å²) in [7, 11) is -0.497. The molecule has 129 valence electrons. The van der Waals surface area contributed by atoms with Gasteiger partial charge in [0.05, 0.1) is 0 Å². The van der Waals surface area contributed by atoms with Crippen molar-refractivity contribution in [2.24, 2.45) is 5.73 Å². The summed E-state index contributed by atoms with van der Waals surface area (Å²) in [6, 6.07) is 5.07. The first kappa shape index (κ1) is 21.2. The summed E-state index contributed by atoms with van der Waals surface area (Å²) in [5, 5.41) is 18.8. The normalized spacial score (nSPS) is 11.1. The molecule has 5 nitrogen and oxygen atoms in total. The molecule has 23 heavy (non-hydrogen) atoms. The van der Waals surface area contributed by atoms with E-state index in [1.54, 1.807) is 12.1 Å². The first-order valence-electron chi connectivity index (χ1n) is 7.49. The van der Waals surface area contributed by atoms with Crippen LogP contribution in [-0.4, -0.2) is 41.7 Å². The molecule has 1 aromatic rings. The van der Waals surface area contributed by atoms with E-state index in [0.717, 1.165) is 24.6 Å². The number of rotatable bonds is 5. The SMILES string of the molecule is C=CC(N)=O.C[Si](C)N(CCc1ccc(O)c(O)c1)C(C)(C)C. The fourth-order valence-electron chi connectivity index (χ4n) is 2.20. The van der Waals surface area contributed by atoms with Gasteiger partial charge in [0.1, 0.15) is 8.96 Å². The Hall–Kier alpha value is -1.79. The summed E-state index contributed by atoms with van der Waals surface area (Å²) < 4.78 is 2.53. The van der Waals surface area contributed by atoms with Crippen LogP contribution in [0.2, 0.25) is 13.1 Å². The van der Waals surface area contributed by atoms with Crippen LogP contribution < -0.4 is 5.73 Å². The van der Waals surface area contributed by atoms with Gasteiger partial charge in [0.25, 0.3) is 0 Å². The molecule has 0 atom stereocenters. The average molecular weight is 338 g/mol. The molecule has 1 radical (unpaired) electrons. The van der Waals surface area contributed by atoms with E-state index < -0.39 is 14.9 Å². The number of nitrogens with two attached hydrogens (primary N) is 1. The van der Waals surface area contributed by atoms with Gasteiger partial charge in [-0.25, -0.2) is 0 Å². The molecular formula is C17H29N2O3Si. The van der Waals surface area contributed by atoms with Crippen molar-refractivity contribution in [3.05, 3.63) is 36.4 Å². The highest BCUT2D eigenvalue weighted by molar-refractivity contribution is 6.52. The van der Waals surface area contributed by atoms with Crippen LogP contribution in [0.4, 0.5) is 0 Å². The predicted octanol–water partition coefficient (Wildman–Crippen LogP) is 2.65. The predicted molar refractivity (Wildman–Crippen MR) is 96.8 cm³/mol. The van der Waals surface area contributed by atoms with Crippen molar-refractivity contribution >= 4 is 14.9 Å². The van der Waals surface area contributed by atoms with Gasteiger partial charge in [0.15, 0.2) is 11.5 Å². The Bertz CT molecular complexity index is 525. The van der Waals surface area contributed by atoms with E-state index in [1.807, 2.05) is 6.07 Å². The summed E-state index contributed by atoms with van der Waals surface area (Å²) in [5.74, 6) is -0.569. The van der Waals surface area contributed by atoms with Crippen molar-refractivity contribution in [1.82, 2.24) is 4.57 Å². The van der Waals surface area contributed by atoms with E-state index >= 15 is 0 Å². The second-order valence-corrected chi connectivity index (χ2v) is 8.88. The number of amides is 1. The molecule has 0 saturated carbocycles. The zero-order valence-corrected chi connectivity index (χ0v) is 15.8. The largest absolute Gasteiger partial charge is 0.504 e. The lowest BCUT2D eigenvalue weighted by atomic mass is 10.1. The molecule has 0 aliphatic rings. The van der Waals surface area contributed by atoms with Crippen molar-refractivity contribution in [2.45, 2.75) is 45.8 Å². The maximum absolute atomic E-state index is 9.48. The summed E-state index contributed by atoms with van der Waals surface area (Å²) in [4.78, 5) is 9.47. The quantitative estimate of drug-likeness (QED) is 0.438. The van der Waals surface area contributed by atoms with E-state index in [9.17, 15) is 15.0 Å². The third-order valence-electron chi connectivity index (χ3n) is 3.21. The van der Waals surface area contributed by atoms with Crippen molar-refractivity contribution in [2.75, 3.05) is 6.54 Å². The number of hydrogen-bond acceptors (Lipinski definition) is 4. The molecule has 0 unspecified atom stereocenters. The van der Waals surface area contributed by atoms with E-state index in [1.165, 1.54) is 0 Å². The zero-order valence-electron chi connectivity index (χ0n) is 14.8. The first-order chi connectivity index (χ1) is 10.5. The molecule has 0 saturated heterocycles. The van der Waals surface area contributed by atoms with Gasteiger partial charge in [-0.15, -0.1) is 0 Å². The fourth-order valence-corrected chi connectivity index (χ4v) is 4.10. The minimum atomic E-state index is -0.497. The van der Waals surface area contributed by atoms with Crippen LogP contribution in [0.5, 0.6) is 11.5 Å². The molecule has 1 amide bonds. The molecule has 1 rings (SSSR count). The lowest BCUT2D eigenvalue weighted by Gasteiger charge is -2.38. The minimum absolute atomic E-state index is 0.0339. The zero-order chi connectivity index (χ0) is 18.2. The molecule has 1 aromatic carbocycles. The molecule has 0 aliphatic heterocycles. The van der Waals surface area contributed by atoms with Crippen LogP contribution in [0.3, 0.4) is 0 Å². The molecule has 0 aromatic heterocycles. The molecule has 0 aliphatic carbocycles. The highest BCUT2D eigenvalue weighted by Gasteiger charge is 2.24. The maximum atomic E-state index is 9.48. The number of benzene rings is 1. The lowest BCUT2D eigenvalue weighted by molar-refractivity contribution is -0.113. The number of primary amides is 1. The van der Waals surface area contributed by atoms with Crippen molar-refractivity contribution in [3.63, 3.8) is 0 Å². The fraction of sp³-hybridized carbons (Fsp3) is 0.471. The van der Waals surface area contributed by atoms with Gasteiger partial charge in [-0.05, 0) is 57.5 Å². The number of nitrogens with zero attached hydrogens (tertiary/aromatic N) is 1. The van der Waals surface area contributed by atoms with Gasteiger partial charge >= 0.3 is 0 Å². The summed E-state index contributed by atoms with van der Waals surface area (Å²) in [6.45, 7) is 15.4. The molecule has 4 N–H and O–H groups in total. The maximum Gasteiger partial charge on any atom is 0.240 e. The third kappa shape index (κ3) is 8.42. The number of carbonyl (C=O) groups is 1. The molecule has 0 spiro atoms. The molecule has 0 fully saturated rings. The summed E-state index contributed by atoms with van der Waals surface area (Å²) in [5.41, 5.74) is 5.77. The van der Waals surface area contributed by atoms with E-state index in [-0.39, 0.29) is 17.0 Å². The van der Waals surface area contributed by atoms with Gasteiger partial charge in [-0.3, -0.25) is 4.79 Å². The van der Waals surface area contributed by atoms with Crippen LogP contribution in [0.1, 0.15) is 26.3 Å². The second-order valence-electron chi connectivity index (χ2n) is 6.45. The van der Waals surface area contributed by atoms with Crippen LogP contribution in [0, 0.1) is 0 Å². The Morgan fingerprint density at radius 1 is 1.30 bits per heavy atom. The van der Waals surface area contributed by atoms with Crippen LogP contribution in [-0.2, 0) is 11.2 Å². The van der Waals surface area contributed by atoms with Crippen LogP contribution >= 0.6 is 0 Å². The number of phenols is 2. The minimum Gasteiger partial charge on any atom is -0.504 e. The standard InChI is InChI=1S/C14H24NO2Si.C3H5NO/c1-14(2,3)15(18(4)5)9-8-11-6-7-12(16)13(17)10-11;1-2-3(4)5/h6-7,10,16-17H,8-9H2,1-5H3;2H,1H2,(H2,4,5). The Kier molecular flexibility index (Phi) is 8.64. The van der Waals surface area contributed by atoms with Gasteiger partial charge in [0, 0.05) is 5.54 Å². The average Bonchev–Trinajstić information content (AvgIpc) is 2.41. The number of hydrogen-bond donors (Lipinski definition) is 3. The number of phenolic OH excluding ortho intramolecular Hbond substituents is 2. The highest BCUT2D eigenvalue weighted by Crippen LogP contribution is 2.25. The monoisotopic (exact) mass is 337 g/mol. The Morgan fingerprint density at radius 2 is 1.83 bits per heavy atom. The van der Waals surface area contributed by atoms with Crippen LogP contribution in [0.25, 0.3) is 0 Å². The molecule has 0 bridgehead atoms. The van der Waals surface area contributed by atoms with E-state index in [0.29, 0.717) is 0 Å². The Labute approximate surface area is 141 Å². The Morgan fingerprint density at radius 3 is 2.17 bits per heavy atom.